The first kappa shape index (κ1) is 20.9. The van der Waals surface area contributed by atoms with Gasteiger partial charge in [-0.15, -0.1) is 0 Å². The number of aromatic nitrogens is 1. The van der Waals surface area contributed by atoms with E-state index < -0.39 is 0 Å². The lowest BCUT2D eigenvalue weighted by Gasteiger charge is -2.19. The van der Waals surface area contributed by atoms with Gasteiger partial charge in [0.05, 0.1) is 18.3 Å². The first-order valence-electron chi connectivity index (χ1n) is 10.3. The summed E-state index contributed by atoms with van der Waals surface area (Å²) in [6.07, 6.45) is 0. The molecule has 0 fully saturated rings. The molecule has 1 aliphatic rings. The third kappa shape index (κ3) is 4.49. The topological polar surface area (TPSA) is 81.7 Å². The lowest BCUT2D eigenvalue weighted by Crippen LogP contribution is -2.20. The highest BCUT2D eigenvalue weighted by Gasteiger charge is 2.14. The SMILES string of the molecule is COc1cc(-c2cccc(Cl)c2)nc2ccc(NC(=O)Nc3ccc4c(c3)OCCO4)cc12. The Morgan fingerprint density at radius 3 is 2.48 bits per heavy atom. The number of nitrogens with zero attached hydrogens (tertiary/aromatic N) is 1. The second kappa shape index (κ2) is 8.88. The summed E-state index contributed by atoms with van der Waals surface area (Å²) < 4.78 is 16.7. The molecule has 2 N–H and O–H groups in total. The molecular formula is C25H20ClN3O4. The lowest BCUT2D eigenvalue weighted by molar-refractivity contribution is 0.171. The number of methoxy groups -OCH3 is 1. The van der Waals surface area contributed by atoms with Crippen molar-refractivity contribution in [2.24, 2.45) is 0 Å². The molecule has 2 heterocycles. The van der Waals surface area contributed by atoms with Crippen LogP contribution in [0.4, 0.5) is 16.2 Å². The molecule has 0 bridgehead atoms. The first-order valence-corrected chi connectivity index (χ1v) is 10.7. The van der Waals surface area contributed by atoms with E-state index >= 15 is 0 Å². The Bertz CT molecular complexity index is 1360. The predicted octanol–water partition coefficient (Wildman–Crippen LogP) is 5.98. The van der Waals surface area contributed by atoms with Crippen LogP contribution in [-0.2, 0) is 0 Å². The first-order chi connectivity index (χ1) is 16.1. The third-order valence-corrected chi connectivity index (χ3v) is 5.40. The number of hydrogen-bond acceptors (Lipinski definition) is 5. The molecule has 5 rings (SSSR count). The van der Waals surface area contributed by atoms with Crippen LogP contribution in [0.1, 0.15) is 0 Å². The van der Waals surface area contributed by atoms with Gasteiger partial charge in [-0.25, -0.2) is 9.78 Å². The molecule has 1 aliphatic heterocycles. The van der Waals surface area contributed by atoms with Crippen molar-refractivity contribution < 1.29 is 19.0 Å². The van der Waals surface area contributed by atoms with E-state index in [0.29, 0.717) is 46.9 Å². The number of fused-ring (bicyclic) bond motifs is 2. The summed E-state index contributed by atoms with van der Waals surface area (Å²) in [5.41, 5.74) is 3.58. The van der Waals surface area contributed by atoms with Crippen molar-refractivity contribution >= 4 is 39.9 Å². The number of ether oxygens (including phenoxy) is 3. The minimum Gasteiger partial charge on any atom is -0.496 e. The van der Waals surface area contributed by atoms with Gasteiger partial charge in [-0.1, -0.05) is 23.7 Å². The number of urea groups is 1. The van der Waals surface area contributed by atoms with Gasteiger partial charge >= 0.3 is 6.03 Å². The molecule has 4 aromatic rings. The van der Waals surface area contributed by atoms with Crippen molar-refractivity contribution in [1.82, 2.24) is 4.98 Å². The fourth-order valence-electron chi connectivity index (χ4n) is 3.65. The molecule has 3 aromatic carbocycles. The number of nitrogens with one attached hydrogen (secondary N) is 2. The number of carbonyl (C=O) groups is 1. The maximum Gasteiger partial charge on any atom is 0.323 e. The van der Waals surface area contributed by atoms with Crippen molar-refractivity contribution in [3.8, 4) is 28.5 Å². The number of halogens is 1. The second-order valence-electron chi connectivity index (χ2n) is 7.39. The number of anilines is 2. The Balaban J connectivity index is 1.37. The van der Waals surface area contributed by atoms with Gasteiger partial charge in [-0.2, -0.15) is 0 Å². The highest BCUT2D eigenvalue weighted by atomic mass is 35.5. The van der Waals surface area contributed by atoms with Crippen LogP contribution in [0.3, 0.4) is 0 Å². The number of carbonyl (C=O) groups excluding carboxylic acids is 1. The van der Waals surface area contributed by atoms with E-state index in [0.717, 1.165) is 22.2 Å². The Kier molecular flexibility index (Phi) is 5.62. The normalized spacial score (nSPS) is 12.3. The molecule has 0 saturated carbocycles. The van der Waals surface area contributed by atoms with Crippen LogP contribution >= 0.6 is 11.6 Å². The molecule has 1 aromatic heterocycles. The van der Waals surface area contributed by atoms with Gasteiger partial charge < -0.3 is 24.8 Å². The molecule has 0 saturated heterocycles. The van der Waals surface area contributed by atoms with Crippen LogP contribution in [0.25, 0.3) is 22.2 Å². The fraction of sp³-hybridized carbons (Fsp3) is 0.120. The minimum atomic E-state index is -0.381. The summed E-state index contributed by atoms with van der Waals surface area (Å²) in [6.45, 7) is 0.996. The highest BCUT2D eigenvalue weighted by molar-refractivity contribution is 6.30. The van der Waals surface area contributed by atoms with Crippen LogP contribution in [-0.4, -0.2) is 31.3 Å². The van der Waals surface area contributed by atoms with Gasteiger partial charge in [0.2, 0.25) is 0 Å². The zero-order valence-corrected chi connectivity index (χ0v) is 18.5. The van der Waals surface area contributed by atoms with Crippen molar-refractivity contribution in [1.29, 1.82) is 0 Å². The minimum absolute atomic E-state index is 0.381. The van der Waals surface area contributed by atoms with Crippen LogP contribution in [0.2, 0.25) is 5.02 Å². The standard InChI is InChI=1S/C25H20ClN3O4/c1-31-23-14-21(15-3-2-4-16(26)11-15)29-20-7-5-17(12-19(20)23)27-25(30)28-18-6-8-22-24(13-18)33-10-9-32-22/h2-8,11-14H,9-10H2,1H3,(H2,27,28,30). The van der Waals surface area contributed by atoms with E-state index in [1.54, 1.807) is 31.4 Å². The van der Waals surface area contributed by atoms with Crippen LogP contribution in [0, 0.1) is 0 Å². The summed E-state index contributed by atoms with van der Waals surface area (Å²) >= 11 is 6.13. The van der Waals surface area contributed by atoms with Gasteiger partial charge in [0.25, 0.3) is 0 Å². The largest absolute Gasteiger partial charge is 0.496 e. The number of pyridine rings is 1. The zero-order chi connectivity index (χ0) is 22.8. The predicted molar refractivity (Wildman–Crippen MR) is 129 cm³/mol. The smallest absolute Gasteiger partial charge is 0.323 e. The monoisotopic (exact) mass is 461 g/mol. The number of benzene rings is 3. The molecule has 7 nitrogen and oxygen atoms in total. The number of amides is 2. The Hall–Kier alpha value is -3.97. The van der Waals surface area contributed by atoms with Gasteiger partial charge in [0.1, 0.15) is 19.0 Å². The molecule has 33 heavy (non-hydrogen) atoms. The average molecular weight is 462 g/mol. The summed E-state index contributed by atoms with van der Waals surface area (Å²) in [5, 5.41) is 7.07. The van der Waals surface area contributed by atoms with Gasteiger partial charge in [0.15, 0.2) is 11.5 Å². The summed E-state index contributed by atoms with van der Waals surface area (Å²) in [4.78, 5) is 17.3. The quantitative estimate of drug-likeness (QED) is 0.390. The van der Waals surface area contributed by atoms with E-state index in [-0.39, 0.29) is 6.03 Å². The van der Waals surface area contributed by atoms with Gasteiger partial charge in [-0.05, 0) is 42.5 Å². The van der Waals surface area contributed by atoms with Crippen molar-refractivity contribution in [2.75, 3.05) is 31.0 Å². The molecule has 0 spiro atoms. The summed E-state index contributed by atoms with van der Waals surface area (Å²) in [5.74, 6) is 1.92. The molecule has 166 valence electrons. The second-order valence-corrected chi connectivity index (χ2v) is 7.83. The van der Waals surface area contributed by atoms with E-state index in [1.807, 2.05) is 42.5 Å². The number of hydrogen-bond donors (Lipinski definition) is 2. The Labute approximate surface area is 195 Å². The fourth-order valence-corrected chi connectivity index (χ4v) is 3.84. The van der Waals surface area contributed by atoms with E-state index in [9.17, 15) is 4.79 Å². The van der Waals surface area contributed by atoms with Crippen LogP contribution in [0.15, 0.2) is 66.7 Å². The maximum atomic E-state index is 12.6. The third-order valence-electron chi connectivity index (χ3n) is 5.17. The summed E-state index contributed by atoms with van der Waals surface area (Å²) in [6, 6.07) is 19.7. The van der Waals surface area contributed by atoms with Crippen LogP contribution in [0.5, 0.6) is 17.2 Å². The molecule has 0 unspecified atom stereocenters. The van der Waals surface area contributed by atoms with Gasteiger partial charge in [-0.3, -0.25) is 0 Å². The molecular weight excluding hydrogens is 442 g/mol. The van der Waals surface area contributed by atoms with E-state index in [2.05, 4.69) is 10.6 Å². The molecule has 0 atom stereocenters. The number of rotatable bonds is 4. The van der Waals surface area contributed by atoms with Crippen molar-refractivity contribution in [3.63, 3.8) is 0 Å². The Morgan fingerprint density at radius 1 is 0.939 bits per heavy atom. The molecule has 0 aliphatic carbocycles. The van der Waals surface area contributed by atoms with E-state index in [4.69, 9.17) is 30.8 Å². The zero-order valence-electron chi connectivity index (χ0n) is 17.7. The molecule has 0 radical (unpaired) electrons. The maximum absolute atomic E-state index is 12.6. The van der Waals surface area contributed by atoms with Crippen LogP contribution < -0.4 is 24.8 Å². The molecule has 2 amide bonds. The average Bonchev–Trinajstić information content (AvgIpc) is 2.83. The lowest BCUT2D eigenvalue weighted by atomic mass is 10.1. The highest BCUT2D eigenvalue weighted by Crippen LogP contribution is 2.34. The van der Waals surface area contributed by atoms with Crippen molar-refractivity contribution in [3.05, 3.63) is 71.8 Å². The van der Waals surface area contributed by atoms with Crippen molar-refractivity contribution in [2.45, 2.75) is 0 Å². The Morgan fingerprint density at radius 2 is 1.70 bits per heavy atom. The summed E-state index contributed by atoms with van der Waals surface area (Å²) in [7, 11) is 1.60. The van der Waals surface area contributed by atoms with Gasteiger partial charge in [0, 0.05) is 39.5 Å². The van der Waals surface area contributed by atoms with E-state index in [1.165, 1.54) is 0 Å². The molecule has 8 heteroatoms.